The van der Waals surface area contributed by atoms with Crippen molar-refractivity contribution >= 4 is 17.0 Å². The monoisotopic (exact) mass is 529 g/mol. The molecule has 0 aliphatic carbocycles. The second kappa shape index (κ2) is 10.2. The van der Waals surface area contributed by atoms with Crippen molar-refractivity contribution < 1.29 is 47.3 Å². The molecular formula is C24H20N6O3Y. The van der Waals surface area contributed by atoms with Crippen LogP contribution in [0.25, 0.3) is 33.5 Å². The predicted octanol–water partition coefficient (Wildman–Crippen LogP) is 4.03. The summed E-state index contributed by atoms with van der Waals surface area (Å²) in [5, 5.41) is 24.0. The van der Waals surface area contributed by atoms with Gasteiger partial charge in [0.05, 0.1) is 29.7 Å². The number of ether oxygens (including phenoxy) is 1. The van der Waals surface area contributed by atoms with E-state index in [4.69, 9.17) is 4.74 Å². The number of nitrogens with one attached hydrogen (secondary N) is 1. The third-order valence-corrected chi connectivity index (χ3v) is 5.35. The van der Waals surface area contributed by atoms with Crippen LogP contribution in [-0.4, -0.2) is 47.9 Å². The number of aromatic nitrogens is 6. The van der Waals surface area contributed by atoms with Gasteiger partial charge in [0.1, 0.15) is 0 Å². The second-order valence-electron chi connectivity index (χ2n) is 7.37. The van der Waals surface area contributed by atoms with Crippen LogP contribution in [0.5, 0.6) is 6.01 Å². The number of para-hydroxylation sites is 1. The van der Waals surface area contributed by atoms with Crippen molar-refractivity contribution in [3.63, 3.8) is 0 Å². The van der Waals surface area contributed by atoms with E-state index in [1.54, 1.807) is 18.2 Å². The van der Waals surface area contributed by atoms with Crippen LogP contribution >= 0.6 is 0 Å². The van der Waals surface area contributed by atoms with E-state index in [1.165, 1.54) is 0 Å². The Kier molecular flexibility index (Phi) is 7.14. The molecule has 0 atom stereocenters. The van der Waals surface area contributed by atoms with Crippen molar-refractivity contribution in [2.45, 2.75) is 13.5 Å². The van der Waals surface area contributed by atoms with Gasteiger partial charge in [-0.3, -0.25) is 4.57 Å². The van der Waals surface area contributed by atoms with E-state index < -0.39 is 5.97 Å². The van der Waals surface area contributed by atoms with Crippen LogP contribution in [-0.2, 0) is 39.3 Å². The second-order valence-corrected chi connectivity index (χ2v) is 7.37. The van der Waals surface area contributed by atoms with E-state index >= 15 is 0 Å². The van der Waals surface area contributed by atoms with Gasteiger partial charge < -0.3 is 9.84 Å². The van der Waals surface area contributed by atoms with Crippen molar-refractivity contribution in [1.29, 1.82) is 0 Å². The zero-order valence-corrected chi connectivity index (χ0v) is 21.2. The smallest absolute Gasteiger partial charge is 0.337 e. The fourth-order valence-corrected chi connectivity index (χ4v) is 3.90. The topological polar surface area (TPSA) is 119 Å². The first-order valence-electron chi connectivity index (χ1n) is 10.4. The van der Waals surface area contributed by atoms with Crippen LogP contribution in [0.3, 0.4) is 0 Å². The van der Waals surface area contributed by atoms with Gasteiger partial charge in [-0.1, -0.05) is 54.6 Å². The zero-order chi connectivity index (χ0) is 22.8. The first-order valence-corrected chi connectivity index (χ1v) is 10.4. The van der Waals surface area contributed by atoms with Crippen molar-refractivity contribution in [2.75, 3.05) is 6.61 Å². The minimum absolute atomic E-state index is 0. The Balaban J connectivity index is 0.00000274. The van der Waals surface area contributed by atoms with Crippen LogP contribution in [0.4, 0.5) is 0 Å². The molecule has 1 radical (unpaired) electrons. The van der Waals surface area contributed by atoms with E-state index in [1.807, 2.05) is 60.0 Å². The van der Waals surface area contributed by atoms with E-state index in [2.05, 4.69) is 25.6 Å². The third kappa shape index (κ3) is 4.49. The molecule has 167 valence electrons. The van der Waals surface area contributed by atoms with Crippen molar-refractivity contribution in [3.05, 3.63) is 77.9 Å². The van der Waals surface area contributed by atoms with E-state index in [0.29, 0.717) is 36.0 Å². The minimum atomic E-state index is -1.00. The molecule has 0 aliphatic heterocycles. The molecule has 0 fully saturated rings. The molecule has 10 heteroatoms. The molecule has 0 saturated carbocycles. The van der Waals surface area contributed by atoms with Gasteiger partial charge >= 0.3 is 5.97 Å². The molecule has 34 heavy (non-hydrogen) atoms. The average Bonchev–Trinajstić information content (AvgIpc) is 3.49. The Morgan fingerprint density at radius 1 is 1.03 bits per heavy atom. The number of carboxylic acid groups (broad SMARTS) is 1. The Morgan fingerprint density at radius 2 is 1.79 bits per heavy atom. The van der Waals surface area contributed by atoms with Crippen LogP contribution in [0.1, 0.15) is 22.8 Å². The zero-order valence-electron chi connectivity index (χ0n) is 18.3. The van der Waals surface area contributed by atoms with Gasteiger partial charge in [0.2, 0.25) is 5.82 Å². The molecule has 0 bridgehead atoms. The van der Waals surface area contributed by atoms with Crippen LogP contribution in [0.2, 0.25) is 0 Å². The number of imidazole rings is 1. The third-order valence-electron chi connectivity index (χ3n) is 5.35. The Bertz CT molecular complexity index is 1430. The van der Waals surface area contributed by atoms with Crippen molar-refractivity contribution in [2.24, 2.45) is 0 Å². The standard InChI is InChI=1S/C24H20N6O3.Y/c1-2-33-24-25-20-9-5-8-19(23(31)32)21(20)30(24)14-15-10-12-16(13-11-15)17-6-3-4-7-18(17)22-26-28-29-27-22;/h3-13H,2,14H2,1H3,(H,31,32)(H,26,27,28,29);. The number of carboxylic acids is 1. The van der Waals surface area contributed by atoms with Gasteiger partial charge in [-0.25, -0.2) is 4.79 Å². The van der Waals surface area contributed by atoms with Gasteiger partial charge in [0.15, 0.2) is 0 Å². The normalized spacial score (nSPS) is 10.7. The summed E-state index contributed by atoms with van der Waals surface area (Å²) in [5.41, 5.74) is 5.17. The number of benzene rings is 3. The fraction of sp³-hybridized carbons (Fsp3) is 0.125. The summed E-state index contributed by atoms with van der Waals surface area (Å²) in [4.78, 5) is 16.3. The SMILES string of the molecule is CCOc1nc2cccc(C(=O)O)c2n1Cc1ccc(-c2ccccc2-c2nn[nH]n2)cc1.[Y]. The Morgan fingerprint density at radius 3 is 2.47 bits per heavy atom. The molecule has 9 nitrogen and oxygen atoms in total. The molecule has 0 aliphatic rings. The maximum Gasteiger partial charge on any atom is 0.337 e. The van der Waals surface area contributed by atoms with Crippen LogP contribution < -0.4 is 4.74 Å². The maximum atomic E-state index is 11.8. The number of aromatic amines is 1. The molecule has 5 aromatic rings. The largest absolute Gasteiger partial charge is 0.478 e. The summed E-state index contributed by atoms with van der Waals surface area (Å²) >= 11 is 0. The number of carbonyl (C=O) groups is 1. The first kappa shape index (κ1) is 23.7. The van der Waals surface area contributed by atoms with E-state index in [9.17, 15) is 9.90 Å². The number of nitrogens with zero attached hydrogens (tertiary/aromatic N) is 5. The number of H-pyrrole nitrogens is 1. The number of aromatic carboxylic acids is 1. The molecule has 0 saturated heterocycles. The molecule has 0 amide bonds. The molecular weight excluding hydrogens is 509 g/mol. The van der Waals surface area contributed by atoms with Gasteiger partial charge in [-0.2, -0.15) is 10.2 Å². The van der Waals surface area contributed by atoms with Gasteiger partial charge in [0, 0.05) is 38.3 Å². The number of rotatable bonds is 7. The molecule has 3 aromatic carbocycles. The summed E-state index contributed by atoms with van der Waals surface area (Å²) in [6.45, 7) is 2.72. The number of hydrogen-bond donors (Lipinski definition) is 2. The fourth-order valence-electron chi connectivity index (χ4n) is 3.90. The maximum absolute atomic E-state index is 11.8. The number of fused-ring (bicyclic) bond motifs is 1. The predicted molar refractivity (Wildman–Crippen MR) is 122 cm³/mol. The summed E-state index contributed by atoms with van der Waals surface area (Å²) in [6.07, 6.45) is 0. The average molecular weight is 529 g/mol. The quantitative estimate of drug-likeness (QED) is 0.327. The van der Waals surface area contributed by atoms with Crippen LogP contribution in [0, 0.1) is 0 Å². The molecule has 0 spiro atoms. The van der Waals surface area contributed by atoms with Gasteiger partial charge in [-0.05, 0) is 41.0 Å². The van der Waals surface area contributed by atoms with Crippen LogP contribution in [0.15, 0.2) is 66.7 Å². The number of tetrazole rings is 1. The minimum Gasteiger partial charge on any atom is -0.478 e. The molecule has 5 rings (SSSR count). The van der Waals surface area contributed by atoms with Gasteiger partial charge in [0.25, 0.3) is 6.01 Å². The van der Waals surface area contributed by atoms with Gasteiger partial charge in [-0.15, -0.1) is 10.2 Å². The molecule has 2 heterocycles. The van der Waals surface area contributed by atoms with E-state index in [0.717, 1.165) is 22.3 Å². The summed E-state index contributed by atoms with van der Waals surface area (Å²) < 4.78 is 7.53. The Labute approximate surface area is 220 Å². The Hall–Kier alpha value is -3.43. The van der Waals surface area contributed by atoms with Crippen molar-refractivity contribution in [1.82, 2.24) is 30.2 Å². The van der Waals surface area contributed by atoms with Crippen molar-refractivity contribution in [3.8, 4) is 28.5 Å². The summed E-state index contributed by atoms with van der Waals surface area (Å²) in [5.74, 6) is -0.472. The summed E-state index contributed by atoms with van der Waals surface area (Å²) in [6, 6.07) is 21.4. The molecule has 2 aromatic heterocycles. The first-order chi connectivity index (χ1) is 16.2. The van der Waals surface area contributed by atoms with E-state index in [-0.39, 0.29) is 38.3 Å². The molecule has 0 unspecified atom stereocenters. The molecule has 2 N–H and O–H groups in total. The summed E-state index contributed by atoms with van der Waals surface area (Å²) in [7, 11) is 0. The number of hydrogen-bond acceptors (Lipinski definition) is 6.